The van der Waals surface area contributed by atoms with E-state index in [9.17, 15) is 19.7 Å². The number of carbonyl (C=O) groups excluding carboxylic acids is 2. The molecule has 0 spiro atoms. The van der Waals surface area contributed by atoms with E-state index in [1.54, 1.807) is 24.3 Å². The van der Waals surface area contributed by atoms with E-state index in [1.165, 1.54) is 24.3 Å². The lowest BCUT2D eigenvalue weighted by Crippen LogP contribution is -2.24. The minimum Gasteiger partial charge on any atom is -0.490 e. The van der Waals surface area contributed by atoms with Gasteiger partial charge in [-0.1, -0.05) is 24.3 Å². The number of amides is 1. The highest BCUT2D eigenvalue weighted by Crippen LogP contribution is 2.26. The van der Waals surface area contributed by atoms with Crippen LogP contribution in [-0.2, 0) is 14.3 Å². The van der Waals surface area contributed by atoms with Crippen molar-refractivity contribution in [2.24, 2.45) is 0 Å². The van der Waals surface area contributed by atoms with Gasteiger partial charge in [-0.2, -0.15) is 0 Å². The molecule has 0 aliphatic heterocycles. The van der Waals surface area contributed by atoms with Gasteiger partial charge in [0.2, 0.25) is 0 Å². The van der Waals surface area contributed by atoms with E-state index in [2.05, 4.69) is 5.32 Å². The van der Waals surface area contributed by atoms with Gasteiger partial charge in [0, 0.05) is 6.07 Å². The molecule has 2 aromatic rings. The van der Waals surface area contributed by atoms with Crippen LogP contribution in [0.4, 0.5) is 11.4 Å². The van der Waals surface area contributed by atoms with Gasteiger partial charge >= 0.3 is 5.97 Å². The van der Waals surface area contributed by atoms with Crippen molar-refractivity contribution in [1.29, 1.82) is 0 Å². The topological polar surface area (TPSA) is 117 Å². The molecular formula is C18H18N2O7. The van der Waals surface area contributed by atoms with Crippen molar-refractivity contribution in [3.05, 3.63) is 58.6 Å². The van der Waals surface area contributed by atoms with E-state index in [0.717, 1.165) is 0 Å². The zero-order valence-corrected chi connectivity index (χ0v) is 14.5. The Balaban J connectivity index is 1.82. The van der Waals surface area contributed by atoms with Crippen molar-refractivity contribution in [1.82, 2.24) is 0 Å². The SMILES string of the molecule is CCOc1ccccc1OCC(=O)OCC(=O)Nc1ccccc1[N+](=O)[O-]. The molecule has 2 rings (SSSR count). The molecule has 0 radical (unpaired) electrons. The van der Waals surface area contributed by atoms with Crippen LogP contribution >= 0.6 is 0 Å². The number of nitro groups is 1. The number of carbonyl (C=O) groups is 2. The maximum atomic E-state index is 11.8. The van der Waals surface area contributed by atoms with Crippen LogP contribution in [0.1, 0.15) is 6.92 Å². The largest absolute Gasteiger partial charge is 0.490 e. The van der Waals surface area contributed by atoms with Gasteiger partial charge in [-0.25, -0.2) is 4.79 Å². The summed E-state index contributed by atoms with van der Waals surface area (Å²) < 4.78 is 15.5. The second-order valence-corrected chi connectivity index (χ2v) is 5.15. The van der Waals surface area contributed by atoms with Gasteiger partial charge < -0.3 is 19.5 Å². The van der Waals surface area contributed by atoms with E-state index < -0.39 is 30.0 Å². The summed E-state index contributed by atoms with van der Waals surface area (Å²) >= 11 is 0. The summed E-state index contributed by atoms with van der Waals surface area (Å²) in [6.45, 7) is 1.25. The molecule has 0 saturated carbocycles. The predicted molar refractivity (Wildman–Crippen MR) is 95.8 cm³/mol. The summed E-state index contributed by atoms with van der Waals surface area (Å²) in [5.41, 5.74) is -0.238. The molecule has 27 heavy (non-hydrogen) atoms. The Labute approximate surface area is 155 Å². The molecule has 0 unspecified atom stereocenters. The van der Waals surface area contributed by atoms with E-state index in [-0.39, 0.29) is 11.4 Å². The molecule has 2 aromatic carbocycles. The van der Waals surface area contributed by atoms with Crippen LogP contribution < -0.4 is 14.8 Å². The Kier molecular flexibility index (Phi) is 7.12. The lowest BCUT2D eigenvalue weighted by Gasteiger charge is -2.11. The van der Waals surface area contributed by atoms with E-state index in [4.69, 9.17) is 14.2 Å². The molecule has 0 bridgehead atoms. The fourth-order valence-corrected chi connectivity index (χ4v) is 2.09. The molecule has 1 amide bonds. The summed E-state index contributed by atoms with van der Waals surface area (Å²) in [4.78, 5) is 33.9. The van der Waals surface area contributed by atoms with Gasteiger partial charge in [0.1, 0.15) is 5.69 Å². The fourth-order valence-electron chi connectivity index (χ4n) is 2.09. The van der Waals surface area contributed by atoms with Crippen molar-refractivity contribution < 1.29 is 28.7 Å². The molecule has 0 aliphatic carbocycles. The van der Waals surface area contributed by atoms with Crippen LogP contribution in [-0.4, -0.2) is 36.6 Å². The second-order valence-electron chi connectivity index (χ2n) is 5.15. The number of esters is 1. The average Bonchev–Trinajstić information content (AvgIpc) is 2.66. The Bertz CT molecular complexity index is 823. The van der Waals surface area contributed by atoms with Crippen molar-refractivity contribution in [2.45, 2.75) is 6.92 Å². The zero-order chi connectivity index (χ0) is 19.6. The van der Waals surface area contributed by atoms with Gasteiger partial charge in [-0.05, 0) is 25.1 Å². The quantitative estimate of drug-likeness (QED) is 0.407. The first kappa shape index (κ1) is 19.7. The Morgan fingerprint density at radius 3 is 2.30 bits per heavy atom. The molecule has 9 heteroatoms. The van der Waals surface area contributed by atoms with Crippen molar-refractivity contribution in [2.75, 3.05) is 25.1 Å². The number of hydrogen-bond acceptors (Lipinski definition) is 7. The van der Waals surface area contributed by atoms with E-state index in [1.807, 2.05) is 6.92 Å². The van der Waals surface area contributed by atoms with Crippen LogP contribution in [0, 0.1) is 10.1 Å². The minimum atomic E-state index is -0.765. The molecule has 0 heterocycles. The number of benzene rings is 2. The zero-order valence-electron chi connectivity index (χ0n) is 14.5. The lowest BCUT2D eigenvalue weighted by molar-refractivity contribution is -0.383. The van der Waals surface area contributed by atoms with Crippen LogP contribution in [0.2, 0.25) is 0 Å². The van der Waals surface area contributed by atoms with Crippen molar-refractivity contribution in [3.63, 3.8) is 0 Å². The maximum absolute atomic E-state index is 11.8. The molecule has 9 nitrogen and oxygen atoms in total. The Morgan fingerprint density at radius 2 is 1.63 bits per heavy atom. The smallest absolute Gasteiger partial charge is 0.344 e. The first-order valence-corrected chi connectivity index (χ1v) is 8.04. The van der Waals surface area contributed by atoms with Gasteiger partial charge in [-0.3, -0.25) is 14.9 Å². The third kappa shape index (κ3) is 5.99. The maximum Gasteiger partial charge on any atom is 0.344 e. The van der Waals surface area contributed by atoms with Crippen LogP contribution in [0.3, 0.4) is 0 Å². The molecule has 0 aliphatic rings. The minimum absolute atomic E-state index is 0.0189. The molecule has 0 atom stereocenters. The Morgan fingerprint density at radius 1 is 1.00 bits per heavy atom. The molecule has 0 saturated heterocycles. The van der Waals surface area contributed by atoms with E-state index >= 15 is 0 Å². The first-order valence-electron chi connectivity index (χ1n) is 8.04. The highest BCUT2D eigenvalue weighted by Gasteiger charge is 2.16. The van der Waals surface area contributed by atoms with Crippen LogP contribution in [0.25, 0.3) is 0 Å². The first-order chi connectivity index (χ1) is 13.0. The normalized spacial score (nSPS) is 9.96. The van der Waals surface area contributed by atoms with Gasteiger partial charge in [0.15, 0.2) is 24.7 Å². The second kappa shape index (κ2) is 9.76. The number of anilines is 1. The van der Waals surface area contributed by atoms with Gasteiger partial charge in [0.25, 0.3) is 11.6 Å². The van der Waals surface area contributed by atoms with Gasteiger partial charge in [0.05, 0.1) is 11.5 Å². The summed E-state index contributed by atoms with van der Waals surface area (Å²) in [6, 6.07) is 12.5. The van der Waals surface area contributed by atoms with Crippen LogP contribution in [0.5, 0.6) is 11.5 Å². The summed E-state index contributed by atoms with van der Waals surface area (Å²) in [6.07, 6.45) is 0. The summed E-state index contributed by atoms with van der Waals surface area (Å²) in [7, 11) is 0. The molecule has 1 N–H and O–H groups in total. The predicted octanol–water partition coefficient (Wildman–Crippen LogP) is 2.55. The number of rotatable bonds is 9. The average molecular weight is 374 g/mol. The van der Waals surface area contributed by atoms with Crippen molar-refractivity contribution >= 4 is 23.3 Å². The Hall–Kier alpha value is -3.62. The third-order valence-electron chi connectivity index (χ3n) is 3.23. The standard InChI is InChI=1S/C18H18N2O7/c1-2-25-15-9-5-6-10-16(15)26-12-18(22)27-11-17(21)19-13-7-3-4-8-14(13)20(23)24/h3-10H,2,11-12H2,1H3,(H,19,21). The number of nitrogens with zero attached hydrogens (tertiary/aromatic N) is 1. The summed E-state index contributed by atoms with van der Waals surface area (Å²) in [5.74, 6) is -0.603. The monoisotopic (exact) mass is 374 g/mol. The fraction of sp³-hybridized carbons (Fsp3) is 0.222. The molecule has 142 valence electrons. The van der Waals surface area contributed by atoms with Gasteiger partial charge in [-0.15, -0.1) is 0 Å². The summed E-state index contributed by atoms with van der Waals surface area (Å²) in [5, 5.41) is 13.2. The molecular weight excluding hydrogens is 356 g/mol. The number of nitro benzene ring substituents is 1. The highest BCUT2D eigenvalue weighted by atomic mass is 16.6. The highest BCUT2D eigenvalue weighted by molar-refractivity contribution is 5.94. The van der Waals surface area contributed by atoms with Crippen LogP contribution in [0.15, 0.2) is 48.5 Å². The molecule has 0 fully saturated rings. The lowest BCUT2D eigenvalue weighted by atomic mass is 10.2. The number of nitrogens with one attached hydrogen (secondary N) is 1. The number of hydrogen-bond donors (Lipinski definition) is 1. The molecule has 0 aromatic heterocycles. The number of para-hydroxylation sites is 4. The third-order valence-corrected chi connectivity index (χ3v) is 3.23. The van der Waals surface area contributed by atoms with Crippen molar-refractivity contribution in [3.8, 4) is 11.5 Å². The van der Waals surface area contributed by atoms with E-state index in [0.29, 0.717) is 18.1 Å². The number of ether oxygens (including phenoxy) is 3.